The van der Waals surface area contributed by atoms with Gasteiger partial charge in [-0.05, 0) is 47.9 Å². The SMILES string of the molecule is CCC(CC)(NC(=O)OCC1c2ccccc2-c2ccccc21)C(=O)N1CCC[C@H](C(=O)O)C1. The zero-order chi connectivity index (χ0) is 24.3. The van der Waals surface area contributed by atoms with Gasteiger partial charge in [-0.25, -0.2) is 4.79 Å². The van der Waals surface area contributed by atoms with Crippen molar-refractivity contribution in [2.75, 3.05) is 19.7 Å². The molecule has 4 rings (SSSR count). The number of fused-ring (bicyclic) bond motifs is 3. The molecular weight excluding hydrogens is 432 g/mol. The van der Waals surface area contributed by atoms with Gasteiger partial charge in [0.25, 0.3) is 0 Å². The van der Waals surface area contributed by atoms with Gasteiger partial charge >= 0.3 is 12.1 Å². The number of hydrogen-bond donors (Lipinski definition) is 2. The van der Waals surface area contributed by atoms with E-state index in [1.807, 2.05) is 38.1 Å². The summed E-state index contributed by atoms with van der Waals surface area (Å²) in [4.78, 5) is 39.4. The van der Waals surface area contributed by atoms with Crippen LogP contribution in [0.3, 0.4) is 0 Å². The molecule has 1 heterocycles. The van der Waals surface area contributed by atoms with Gasteiger partial charge in [-0.1, -0.05) is 62.4 Å². The summed E-state index contributed by atoms with van der Waals surface area (Å²) >= 11 is 0. The zero-order valence-corrected chi connectivity index (χ0v) is 19.8. The Morgan fingerprint density at radius 2 is 1.62 bits per heavy atom. The number of benzene rings is 2. The average Bonchev–Trinajstić information content (AvgIpc) is 3.19. The molecule has 34 heavy (non-hydrogen) atoms. The van der Waals surface area contributed by atoms with Crippen molar-refractivity contribution < 1.29 is 24.2 Å². The fourth-order valence-electron chi connectivity index (χ4n) is 5.28. The fourth-order valence-corrected chi connectivity index (χ4v) is 5.28. The first kappa shape index (κ1) is 23.8. The number of carboxylic acid groups (broad SMARTS) is 1. The van der Waals surface area contributed by atoms with Crippen molar-refractivity contribution in [1.82, 2.24) is 10.2 Å². The molecular formula is C27H32N2O5. The molecule has 1 aliphatic carbocycles. The summed E-state index contributed by atoms with van der Waals surface area (Å²) in [7, 11) is 0. The minimum Gasteiger partial charge on any atom is -0.481 e. The third-order valence-corrected chi connectivity index (χ3v) is 7.36. The first-order chi connectivity index (χ1) is 16.4. The van der Waals surface area contributed by atoms with Gasteiger partial charge in [-0.3, -0.25) is 9.59 Å². The molecule has 0 bridgehead atoms. The Balaban J connectivity index is 1.46. The third kappa shape index (κ3) is 4.39. The molecule has 2 aliphatic rings. The first-order valence-corrected chi connectivity index (χ1v) is 12.1. The largest absolute Gasteiger partial charge is 0.481 e. The van der Waals surface area contributed by atoms with Gasteiger partial charge in [0, 0.05) is 19.0 Å². The smallest absolute Gasteiger partial charge is 0.408 e. The number of piperidine rings is 1. The third-order valence-electron chi connectivity index (χ3n) is 7.36. The molecule has 1 atom stereocenters. The van der Waals surface area contributed by atoms with Crippen molar-refractivity contribution in [2.24, 2.45) is 5.92 Å². The highest BCUT2D eigenvalue weighted by molar-refractivity contribution is 5.90. The van der Waals surface area contributed by atoms with Crippen LogP contribution in [0.5, 0.6) is 0 Å². The van der Waals surface area contributed by atoms with E-state index in [1.165, 1.54) is 0 Å². The van der Waals surface area contributed by atoms with E-state index in [0.717, 1.165) is 22.3 Å². The Hall–Kier alpha value is -3.35. The second-order valence-corrected chi connectivity index (χ2v) is 9.17. The van der Waals surface area contributed by atoms with E-state index >= 15 is 0 Å². The normalized spacial score (nSPS) is 17.6. The molecule has 1 saturated heterocycles. The second kappa shape index (κ2) is 9.87. The highest BCUT2D eigenvalue weighted by Crippen LogP contribution is 2.44. The van der Waals surface area contributed by atoms with Crippen molar-refractivity contribution in [3.05, 3.63) is 59.7 Å². The maximum absolute atomic E-state index is 13.4. The van der Waals surface area contributed by atoms with E-state index in [2.05, 4.69) is 29.6 Å². The minimum absolute atomic E-state index is 0.0649. The molecule has 0 saturated carbocycles. The molecule has 180 valence electrons. The van der Waals surface area contributed by atoms with Crippen LogP contribution in [0.4, 0.5) is 4.79 Å². The lowest BCUT2D eigenvalue weighted by Gasteiger charge is -2.39. The molecule has 7 nitrogen and oxygen atoms in total. The predicted molar refractivity (Wildman–Crippen MR) is 128 cm³/mol. The van der Waals surface area contributed by atoms with E-state index in [1.54, 1.807) is 4.90 Å². The number of carbonyl (C=O) groups excluding carboxylic acids is 2. The van der Waals surface area contributed by atoms with Crippen LogP contribution in [0, 0.1) is 5.92 Å². The van der Waals surface area contributed by atoms with Gasteiger partial charge < -0.3 is 20.1 Å². The molecule has 2 N–H and O–H groups in total. The second-order valence-electron chi connectivity index (χ2n) is 9.17. The van der Waals surface area contributed by atoms with Crippen LogP contribution >= 0.6 is 0 Å². The van der Waals surface area contributed by atoms with Gasteiger partial charge in [0.15, 0.2) is 0 Å². The maximum Gasteiger partial charge on any atom is 0.408 e. The van der Waals surface area contributed by atoms with Gasteiger partial charge in [-0.2, -0.15) is 0 Å². The Kier molecular flexibility index (Phi) is 6.91. The summed E-state index contributed by atoms with van der Waals surface area (Å²) in [5, 5.41) is 12.2. The van der Waals surface area contributed by atoms with E-state index in [4.69, 9.17) is 4.74 Å². The minimum atomic E-state index is -1.12. The molecule has 2 aromatic rings. The van der Waals surface area contributed by atoms with Crippen LogP contribution in [0.15, 0.2) is 48.5 Å². The maximum atomic E-state index is 13.4. The number of nitrogens with zero attached hydrogens (tertiary/aromatic N) is 1. The van der Waals surface area contributed by atoms with Crippen molar-refractivity contribution in [2.45, 2.75) is 51.0 Å². The molecule has 0 spiro atoms. The summed E-state index contributed by atoms with van der Waals surface area (Å²) in [6.07, 6.45) is 1.34. The number of rotatable bonds is 7. The number of nitrogens with one attached hydrogen (secondary N) is 1. The van der Waals surface area contributed by atoms with Crippen molar-refractivity contribution in [1.29, 1.82) is 0 Å². The Labute approximate surface area is 200 Å². The molecule has 0 radical (unpaired) electrons. The van der Waals surface area contributed by atoms with Crippen LogP contribution in [0.2, 0.25) is 0 Å². The van der Waals surface area contributed by atoms with Gasteiger partial charge in [0.05, 0.1) is 5.92 Å². The number of carboxylic acids is 1. The lowest BCUT2D eigenvalue weighted by Crippen LogP contribution is -2.61. The molecule has 1 aliphatic heterocycles. The Bertz CT molecular complexity index is 1030. The number of likely N-dealkylation sites (tertiary alicyclic amines) is 1. The van der Waals surface area contributed by atoms with E-state index in [0.29, 0.717) is 32.2 Å². The molecule has 2 amide bonds. The molecule has 1 fully saturated rings. The Morgan fingerprint density at radius 3 is 2.18 bits per heavy atom. The van der Waals surface area contributed by atoms with E-state index in [9.17, 15) is 19.5 Å². The van der Waals surface area contributed by atoms with E-state index in [-0.39, 0.29) is 25.0 Å². The topological polar surface area (TPSA) is 95.9 Å². The quantitative estimate of drug-likeness (QED) is 0.633. The van der Waals surface area contributed by atoms with Crippen LogP contribution in [0.1, 0.15) is 56.6 Å². The number of aliphatic carboxylic acids is 1. The zero-order valence-electron chi connectivity index (χ0n) is 19.8. The number of ether oxygens (including phenoxy) is 1. The van der Waals surface area contributed by atoms with Crippen molar-refractivity contribution in [3.8, 4) is 11.1 Å². The Morgan fingerprint density at radius 1 is 1.03 bits per heavy atom. The summed E-state index contributed by atoms with van der Waals surface area (Å²) < 4.78 is 5.68. The summed E-state index contributed by atoms with van der Waals surface area (Å²) in [5.74, 6) is -1.76. The first-order valence-electron chi connectivity index (χ1n) is 12.1. The van der Waals surface area contributed by atoms with Crippen molar-refractivity contribution >= 4 is 18.0 Å². The van der Waals surface area contributed by atoms with Crippen LogP contribution in [-0.2, 0) is 14.3 Å². The lowest BCUT2D eigenvalue weighted by atomic mass is 9.89. The highest BCUT2D eigenvalue weighted by atomic mass is 16.5. The van der Waals surface area contributed by atoms with Gasteiger partial charge in [-0.15, -0.1) is 0 Å². The van der Waals surface area contributed by atoms with Gasteiger partial charge in [0.2, 0.25) is 5.91 Å². The number of amides is 2. The molecule has 0 aromatic heterocycles. The lowest BCUT2D eigenvalue weighted by molar-refractivity contribution is -0.148. The fraction of sp³-hybridized carbons (Fsp3) is 0.444. The average molecular weight is 465 g/mol. The predicted octanol–water partition coefficient (Wildman–Crippen LogP) is 4.41. The van der Waals surface area contributed by atoms with E-state index < -0.39 is 23.5 Å². The van der Waals surface area contributed by atoms with Crippen LogP contribution < -0.4 is 5.32 Å². The van der Waals surface area contributed by atoms with Gasteiger partial charge in [0.1, 0.15) is 12.1 Å². The standard InChI is InChI=1S/C27H32N2O5/c1-3-27(4-2,25(32)29-15-9-10-18(16-29)24(30)31)28-26(33)34-17-23-21-13-7-5-11-19(21)20-12-6-8-14-22(20)23/h5-8,11-14,18,23H,3-4,9-10,15-17H2,1-2H3,(H,28,33)(H,30,31)/t18-/m0/s1. The monoisotopic (exact) mass is 464 g/mol. The van der Waals surface area contributed by atoms with Crippen molar-refractivity contribution in [3.63, 3.8) is 0 Å². The van der Waals surface area contributed by atoms with Crippen LogP contribution in [0.25, 0.3) is 11.1 Å². The summed E-state index contributed by atoms with van der Waals surface area (Å²) in [6, 6.07) is 16.2. The number of alkyl carbamates (subject to hydrolysis) is 1. The summed E-state index contributed by atoms with van der Waals surface area (Å²) in [6.45, 7) is 4.54. The highest BCUT2D eigenvalue weighted by Gasteiger charge is 2.42. The number of hydrogen-bond acceptors (Lipinski definition) is 4. The summed E-state index contributed by atoms with van der Waals surface area (Å²) in [5.41, 5.74) is 3.42. The molecule has 7 heteroatoms. The van der Waals surface area contributed by atoms with Crippen LogP contribution in [-0.4, -0.2) is 53.2 Å². The number of carbonyl (C=O) groups is 3. The molecule has 0 unspecified atom stereocenters. The molecule has 2 aromatic carbocycles.